The molecule has 1 aliphatic heterocycles. The molecule has 0 radical (unpaired) electrons. The number of nitrogens with one attached hydrogen (secondary N) is 1. The summed E-state index contributed by atoms with van der Waals surface area (Å²) in [5, 5.41) is 3.42. The van der Waals surface area contributed by atoms with Crippen molar-refractivity contribution < 1.29 is 9.21 Å². The number of hydrogen-bond acceptors (Lipinski definition) is 4. The lowest BCUT2D eigenvalue weighted by Gasteiger charge is -2.29. The Labute approximate surface area is 119 Å². The molecule has 1 saturated heterocycles. The van der Waals surface area contributed by atoms with Gasteiger partial charge in [-0.3, -0.25) is 4.79 Å². The lowest BCUT2D eigenvalue weighted by molar-refractivity contribution is 0.0669. The third-order valence-electron chi connectivity index (χ3n) is 4.20. The van der Waals surface area contributed by atoms with Gasteiger partial charge < -0.3 is 14.6 Å². The summed E-state index contributed by atoms with van der Waals surface area (Å²) in [6, 6.07) is 0.411. The zero-order chi connectivity index (χ0) is 14.1. The van der Waals surface area contributed by atoms with Gasteiger partial charge in [0.1, 0.15) is 0 Å². The predicted octanol–water partition coefficient (Wildman–Crippen LogP) is 1.90. The number of nitrogens with zero attached hydrogens (tertiary/aromatic N) is 2. The molecule has 0 aromatic carbocycles. The Morgan fingerprint density at radius 3 is 2.75 bits per heavy atom. The Balaban J connectivity index is 1.72. The van der Waals surface area contributed by atoms with Crippen LogP contribution in [0.1, 0.15) is 47.8 Å². The zero-order valence-corrected chi connectivity index (χ0v) is 12.3. The van der Waals surface area contributed by atoms with Gasteiger partial charge in [0, 0.05) is 19.5 Å². The maximum Gasteiger partial charge on any atom is 0.291 e. The van der Waals surface area contributed by atoms with Crippen molar-refractivity contribution in [2.75, 3.05) is 19.6 Å². The van der Waals surface area contributed by atoms with Gasteiger partial charge in [0.2, 0.25) is 5.76 Å². The average Bonchev–Trinajstić information content (AvgIpc) is 3.22. The van der Waals surface area contributed by atoms with E-state index in [-0.39, 0.29) is 5.91 Å². The summed E-state index contributed by atoms with van der Waals surface area (Å²) in [6.07, 6.45) is 4.66. The first-order valence-corrected chi connectivity index (χ1v) is 7.61. The van der Waals surface area contributed by atoms with Gasteiger partial charge in [-0.25, -0.2) is 4.98 Å². The van der Waals surface area contributed by atoms with E-state index >= 15 is 0 Å². The molecule has 5 heteroatoms. The quantitative estimate of drug-likeness (QED) is 0.913. The van der Waals surface area contributed by atoms with Gasteiger partial charge in [0.15, 0.2) is 5.89 Å². The molecule has 1 aliphatic carbocycles. The van der Waals surface area contributed by atoms with Crippen molar-refractivity contribution in [3.63, 3.8) is 0 Å². The Morgan fingerprint density at radius 2 is 2.20 bits per heavy atom. The third-order valence-corrected chi connectivity index (χ3v) is 4.20. The van der Waals surface area contributed by atoms with Crippen LogP contribution in [0.3, 0.4) is 0 Å². The first-order valence-electron chi connectivity index (χ1n) is 7.61. The smallest absolute Gasteiger partial charge is 0.291 e. The molecule has 0 spiro atoms. The molecular formula is C15H23N3O2. The number of aromatic nitrogens is 1. The second-order valence-electron chi connectivity index (χ2n) is 6.05. The van der Waals surface area contributed by atoms with Crippen LogP contribution in [-0.4, -0.2) is 41.5 Å². The second-order valence-corrected chi connectivity index (χ2v) is 6.05. The summed E-state index contributed by atoms with van der Waals surface area (Å²) in [6.45, 7) is 6.60. The van der Waals surface area contributed by atoms with E-state index in [2.05, 4.69) is 10.3 Å². The summed E-state index contributed by atoms with van der Waals surface area (Å²) in [7, 11) is 0. The molecule has 1 saturated carbocycles. The van der Waals surface area contributed by atoms with E-state index in [1.54, 1.807) is 6.92 Å². The molecule has 5 nitrogen and oxygen atoms in total. The molecular weight excluding hydrogens is 254 g/mol. The highest BCUT2D eigenvalue weighted by molar-refractivity contribution is 5.92. The molecule has 0 bridgehead atoms. The number of carbonyl (C=O) groups is 1. The normalized spacial score (nSPS) is 22.8. The third kappa shape index (κ3) is 2.87. The van der Waals surface area contributed by atoms with Crippen LogP contribution in [0, 0.1) is 19.8 Å². The Bertz CT molecular complexity index is 487. The molecule has 1 aromatic heterocycles. The molecule has 1 N–H and O–H groups in total. The van der Waals surface area contributed by atoms with Crippen LogP contribution in [0.4, 0.5) is 0 Å². The van der Waals surface area contributed by atoms with Crippen LogP contribution in [0.25, 0.3) is 0 Å². The van der Waals surface area contributed by atoms with E-state index in [0.29, 0.717) is 29.3 Å². The van der Waals surface area contributed by atoms with Crippen LogP contribution in [0.5, 0.6) is 0 Å². The monoisotopic (exact) mass is 277 g/mol. The number of rotatable bonds is 4. The van der Waals surface area contributed by atoms with Crippen molar-refractivity contribution in [3.8, 4) is 0 Å². The largest absolute Gasteiger partial charge is 0.436 e. The van der Waals surface area contributed by atoms with Gasteiger partial charge in [-0.2, -0.15) is 0 Å². The molecule has 1 amide bonds. The first kappa shape index (κ1) is 13.6. The van der Waals surface area contributed by atoms with Gasteiger partial charge in [0.25, 0.3) is 5.91 Å². The minimum absolute atomic E-state index is 0.0242. The van der Waals surface area contributed by atoms with Crippen LogP contribution in [-0.2, 0) is 0 Å². The van der Waals surface area contributed by atoms with E-state index in [9.17, 15) is 4.79 Å². The maximum atomic E-state index is 12.7. The van der Waals surface area contributed by atoms with Crippen molar-refractivity contribution in [3.05, 3.63) is 17.3 Å². The second kappa shape index (κ2) is 5.56. The maximum absolute atomic E-state index is 12.7. The molecule has 2 aliphatic rings. The highest BCUT2D eigenvalue weighted by Gasteiger charge is 2.36. The van der Waals surface area contributed by atoms with Crippen molar-refractivity contribution in [1.29, 1.82) is 0 Å². The van der Waals surface area contributed by atoms with Crippen molar-refractivity contribution in [1.82, 2.24) is 15.2 Å². The lowest BCUT2D eigenvalue weighted by atomic mass is 9.99. The van der Waals surface area contributed by atoms with Gasteiger partial charge >= 0.3 is 0 Å². The van der Waals surface area contributed by atoms with E-state index in [1.807, 2.05) is 11.8 Å². The molecule has 2 heterocycles. The molecule has 1 aromatic rings. The predicted molar refractivity (Wildman–Crippen MR) is 75.6 cm³/mol. The number of oxazole rings is 1. The molecule has 110 valence electrons. The summed E-state index contributed by atoms with van der Waals surface area (Å²) >= 11 is 0. The number of carbonyl (C=O) groups excluding carboxylic acids is 1. The average molecular weight is 277 g/mol. The van der Waals surface area contributed by atoms with E-state index < -0.39 is 0 Å². The van der Waals surface area contributed by atoms with Crippen molar-refractivity contribution >= 4 is 5.91 Å². The lowest BCUT2D eigenvalue weighted by Crippen LogP contribution is -2.42. The van der Waals surface area contributed by atoms with Gasteiger partial charge in [-0.05, 0) is 51.6 Å². The number of amides is 1. The van der Waals surface area contributed by atoms with E-state index in [1.165, 1.54) is 12.8 Å². The van der Waals surface area contributed by atoms with Crippen LogP contribution < -0.4 is 5.32 Å². The van der Waals surface area contributed by atoms with Crippen LogP contribution in [0.2, 0.25) is 0 Å². The summed E-state index contributed by atoms with van der Waals surface area (Å²) in [5.41, 5.74) is 0.708. The molecule has 3 rings (SSSR count). The summed E-state index contributed by atoms with van der Waals surface area (Å²) in [5.74, 6) is 1.59. The Morgan fingerprint density at radius 1 is 1.40 bits per heavy atom. The number of aryl methyl sites for hydroxylation is 2. The fraction of sp³-hybridized carbons (Fsp3) is 0.733. The van der Waals surface area contributed by atoms with E-state index in [0.717, 1.165) is 32.5 Å². The molecule has 1 unspecified atom stereocenters. The van der Waals surface area contributed by atoms with Gasteiger partial charge in [-0.1, -0.05) is 0 Å². The minimum atomic E-state index is 0.0242. The fourth-order valence-corrected chi connectivity index (χ4v) is 3.00. The minimum Gasteiger partial charge on any atom is -0.436 e. The molecule has 2 fully saturated rings. The highest BCUT2D eigenvalue weighted by Crippen LogP contribution is 2.30. The van der Waals surface area contributed by atoms with E-state index in [4.69, 9.17) is 4.42 Å². The topological polar surface area (TPSA) is 58.4 Å². The van der Waals surface area contributed by atoms with Crippen LogP contribution in [0.15, 0.2) is 4.42 Å². The fourth-order valence-electron chi connectivity index (χ4n) is 3.00. The van der Waals surface area contributed by atoms with Crippen molar-refractivity contribution in [2.24, 2.45) is 5.92 Å². The Kier molecular flexibility index (Phi) is 3.78. The molecule has 20 heavy (non-hydrogen) atoms. The van der Waals surface area contributed by atoms with Gasteiger partial charge in [-0.15, -0.1) is 0 Å². The Hall–Kier alpha value is -1.36. The first-order chi connectivity index (χ1) is 9.65. The van der Waals surface area contributed by atoms with Gasteiger partial charge in [0.05, 0.1) is 5.69 Å². The standard InChI is InChI=1S/C15H23N3O2/c1-10-14(20-11(2)17-10)15(19)18(13-5-6-13)9-12-4-3-7-16-8-12/h12-13,16H,3-9H2,1-2H3. The summed E-state index contributed by atoms with van der Waals surface area (Å²) < 4.78 is 5.51. The molecule has 1 atom stereocenters. The SMILES string of the molecule is Cc1nc(C)c(C(=O)N(CC2CCCNC2)C2CC2)o1. The summed E-state index contributed by atoms with van der Waals surface area (Å²) in [4.78, 5) is 18.9. The number of hydrogen-bond donors (Lipinski definition) is 1. The van der Waals surface area contributed by atoms with Crippen LogP contribution >= 0.6 is 0 Å². The zero-order valence-electron chi connectivity index (χ0n) is 12.3. The van der Waals surface area contributed by atoms with Crippen molar-refractivity contribution in [2.45, 2.75) is 45.6 Å². The number of piperidine rings is 1. The highest BCUT2D eigenvalue weighted by atomic mass is 16.4.